The van der Waals surface area contributed by atoms with Gasteiger partial charge in [-0.2, -0.15) is 17.5 Å². The summed E-state index contributed by atoms with van der Waals surface area (Å²) in [6, 6.07) is 8.09. The summed E-state index contributed by atoms with van der Waals surface area (Å²) in [5, 5.41) is 6.33. The molecule has 2 N–H and O–H groups in total. The van der Waals surface area contributed by atoms with Crippen LogP contribution < -0.4 is 10.6 Å². The van der Waals surface area contributed by atoms with Gasteiger partial charge in [-0.1, -0.05) is 29.8 Å². The number of piperidine rings is 1. The minimum Gasteiger partial charge on any atom is -0.356 e. The Morgan fingerprint density at radius 3 is 2.25 bits per heavy atom. The molecule has 1 aliphatic rings. The van der Waals surface area contributed by atoms with E-state index >= 15 is 0 Å². The fourth-order valence-electron chi connectivity index (χ4n) is 2.85. The maximum atomic E-state index is 12.6. The number of aryl methyl sites for hydroxylation is 1. The normalized spacial score (nSPS) is 17.1. The number of benzene rings is 1. The monoisotopic (exact) mass is 534 g/mol. The molecule has 0 saturated carbocycles. The molecule has 0 aromatic heterocycles. The molecule has 0 spiro atoms. The van der Waals surface area contributed by atoms with Crippen LogP contribution >= 0.6 is 24.0 Å². The van der Waals surface area contributed by atoms with Crippen LogP contribution in [-0.4, -0.2) is 50.9 Å². The largest absolute Gasteiger partial charge is 0.511 e. The molecule has 1 aliphatic heterocycles. The Bertz CT molecular complexity index is 747. The number of alkyl halides is 3. The first-order chi connectivity index (χ1) is 12.6. The number of guanidine groups is 1. The molecule has 160 valence electrons. The molecule has 6 nitrogen and oxygen atoms in total. The van der Waals surface area contributed by atoms with Crippen LogP contribution in [0.25, 0.3) is 0 Å². The number of nitrogens with one attached hydrogen (secondary N) is 2. The van der Waals surface area contributed by atoms with Gasteiger partial charge in [0.25, 0.3) is 0 Å². The van der Waals surface area contributed by atoms with E-state index in [0.29, 0.717) is 36.2 Å². The summed E-state index contributed by atoms with van der Waals surface area (Å²) in [6.07, 6.45) is 0.745. The standard InChI is InChI=1S/C17H25F3N4O2S.HI/c1-13-3-5-14(6-4-13)11-22-16(21-2)23-12-15-7-9-24(10-8-15)27(25,26)17(18,19)20;/h3-6,15H,7-12H2,1-2H3,(H2,21,22,23);1H. The van der Waals surface area contributed by atoms with Gasteiger partial charge in [0.15, 0.2) is 5.96 Å². The highest BCUT2D eigenvalue weighted by atomic mass is 127. The van der Waals surface area contributed by atoms with Gasteiger partial charge in [-0.25, -0.2) is 8.42 Å². The second-order valence-electron chi connectivity index (χ2n) is 6.59. The van der Waals surface area contributed by atoms with Gasteiger partial charge in [0.2, 0.25) is 0 Å². The van der Waals surface area contributed by atoms with E-state index in [9.17, 15) is 21.6 Å². The van der Waals surface area contributed by atoms with E-state index in [1.165, 1.54) is 5.56 Å². The molecule has 1 aromatic rings. The molecule has 1 heterocycles. The predicted octanol–water partition coefficient (Wildman–Crippen LogP) is 2.84. The van der Waals surface area contributed by atoms with E-state index in [-0.39, 0.29) is 43.0 Å². The number of sulfonamides is 1. The molecule has 0 aliphatic carbocycles. The predicted molar refractivity (Wildman–Crippen MR) is 114 cm³/mol. The number of hydrogen-bond donors (Lipinski definition) is 2. The van der Waals surface area contributed by atoms with E-state index in [4.69, 9.17) is 0 Å². The number of rotatable bonds is 5. The summed E-state index contributed by atoms with van der Waals surface area (Å²) in [7, 11) is -3.58. The lowest BCUT2D eigenvalue weighted by molar-refractivity contribution is -0.0496. The molecular formula is C17H26F3IN4O2S. The van der Waals surface area contributed by atoms with Crippen molar-refractivity contribution in [3.8, 4) is 0 Å². The Morgan fingerprint density at radius 1 is 1.18 bits per heavy atom. The Hall–Kier alpha value is -1.08. The maximum absolute atomic E-state index is 12.6. The zero-order valence-electron chi connectivity index (χ0n) is 15.8. The van der Waals surface area contributed by atoms with Crippen LogP contribution in [0.15, 0.2) is 29.3 Å². The highest BCUT2D eigenvalue weighted by Gasteiger charge is 2.50. The van der Waals surface area contributed by atoms with Crippen molar-refractivity contribution in [1.82, 2.24) is 14.9 Å². The van der Waals surface area contributed by atoms with Crippen LogP contribution in [0.3, 0.4) is 0 Å². The molecular weight excluding hydrogens is 508 g/mol. The summed E-state index contributed by atoms with van der Waals surface area (Å²) in [5.41, 5.74) is -2.95. The van der Waals surface area contributed by atoms with Crippen molar-refractivity contribution in [2.24, 2.45) is 10.9 Å². The third-order valence-corrected chi connectivity index (χ3v) is 6.20. The van der Waals surface area contributed by atoms with E-state index in [1.54, 1.807) is 7.05 Å². The Labute approximate surface area is 181 Å². The average Bonchev–Trinajstić information content (AvgIpc) is 2.62. The number of nitrogens with zero attached hydrogens (tertiary/aromatic N) is 2. The third-order valence-electron chi connectivity index (χ3n) is 4.57. The summed E-state index contributed by atoms with van der Waals surface area (Å²) in [4.78, 5) is 4.13. The smallest absolute Gasteiger partial charge is 0.356 e. The van der Waals surface area contributed by atoms with Crippen molar-refractivity contribution in [3.05, 3.63) is 35.4 Å². The van der Waals surface area contributed by atoms with Crippen LogP contribution in [0.2, 0.25) is 0 Å². The first-order valence-electron chi connectivity index (χ1n) is 8.70. The number of hydrogen-bond acceptors (Lipinski definition) is 3. The van der Waals surface area contributed by atoms with Crippen LogP contribution in [0.1, 0.15) is 24.0 Å². The van der Waals surface area contributed by atoms with Crippen molar-refractivity contribution in [1.29, 1.82) is 0 Å². The third kappa shape index (κ3) is 6.76. The van der Waals surface area contributed by atoms with E-state index in [2.05, 4.69) is 15.6 Å². The molecule has 0 bridgehead atoms. The molecule has 0 radical (unpaired) electrons. The molecule has 2 rings (SSSR count). The SMILES string of the molecule is CN=C(NCc1ccc(C)cc1)NCC1CCN(S(=O)(=O)C(F)(F)F)CC1.I. The molecule has 0 amide bonds. The van der Waals surface area contributed by atoms with Crippen molar-refractivity contribution in [2.75, 3.05) is 26.7 Å². The Balaban J connectivity index is 0.00000392. The van der Waals surface area contributed by atoms with E-state index < -0.39 is 15.5 Å². The molecule has 0 unspecified atom stereocenters. The molecule has 1 fully saturated rings. The summed E-state index contributed by atoms with van der Waals surface area (Å²) >= 11 is 0. The van der Waals surface area contributed by atoms with Gasteiger partial charge in [-0.3, -0.25) is 4.99 Å². The van der Waals surface area contributed by atoms with Crippen molar-refractivity contribution < 1.29 is 21.6 Å². The molecule has 28 heavy (non-hydrogen) atoms. The highest BCUT2D eigenvalue weighted by molar-refractivity contribution is 14.0. The minimum atomic E-state index is -5.24. The first-order valence-corrected chi connectivity index (χ1v) is 10.1. The fraction of sp³-hybridized carbons (Fsp3) is 0.588. The lowest BCUT2D eigenvalue weighted by atomic mass is 9.98. The topological polar surface area (TPSA) is 73.8 Å². The summed E-state index contributed by atoms with van der Waals surface area (Å²) < 4.78 is 61.2. The van der Waals surface area contributed by atoms with Gasteiger partial charge in [-0.05, 0) is 31.2 Å². The minimum absolute atomic E-state index is 0. The Kier molecular flexibility index (Phi) is 9.47. The first kappa shape index (κ1) is 25.0. The van der Waals surface area contributed by atoms with Crippen LogP contribution in [0.4, 0.5) is 13.2 Å². The molecule has 1 saturated heterocycles. The second-order valence-corrected chi connectivity index (χ2v) is 8.51. The second kappa shape index (κ2) is 10.6. The van der Waals surface area contributed by atoms with Crippen molar-refractivity contribution in [3.63, 3.8) is 0 Å². The van der Waals surface area contributed by atoms with Crippen LogP contribution in [0, 0.1) is 12.8 Å². The van der Waals surface area contributed by atoms with E-state index in [1.807, 2.05) is 31.2 Å². The van der Waals surface area contributed by atoms with E-state index in [0.717, 1.165) is 5.56 Å². The lowest BCUT2D eigenvalue weighted by Crippen LogP contribution is -2.47. The Morgan fingerprint density at radius 2 is 1.75 bits per heavy atom. The maximum Gasteiger partial charge on any atom is 0.511 e. The highest BCUT2D eigenvalue weighted by Crippen LogP contribution is 2.30. The van der Waals surface area contributed by atoms with Gasteiger partial charge in [0.05, 0.1) is 0 Å². The molecule has 0 atom stereocenters. The lowest BCUT2D eigenvalue weighted by Gasteiger charge is -2.31. The van der Waals surface area contributed by atoms with Gasteiger partial charge in [0.1, 0.15) is 0 Å². The fourth-order valence-corrected chi connectivity index (χ4v) is 3.84. The number of aliphatic imine (C=N–C) groups is 1. The van der Waals surface area contributed by atoms with Crippen LogP contribution in [-0.2, 0) is 16.6 Å². The van der Waals surface area contributed by atoms with Gasteiger partial charge in [-0.15, -0.1) is 24.0 Å². The van der Waals surface area contributed by atoms with Gasteiger partial charge >= 0.3 is 15.5 Å². The van der Waals surface area contributed by atoms with Crippen molar-refractivity contribution >= 4 is 40.0 Å². The molecule has 1 aromatic carbocycles. The van der Waals surface area contributed by atoms with Gasteiger partial charge < -0.3 is 10.6 Å². The zero-order valence-corrected chi connectivity index (χ0v) is 18.9. The number of halogens is 4. The summed E-state index contributed by atoms with van der Waals surface area (Å²) in [5.74, 6) is 0.684. The average molecular weight is 534 g/mol. The van der Waals surface area contributed by atoms with Gasteiger partial charge in [0, 0.05) is 33.2 Å². The zero-order chi connectivity index (χ0) is 20.1. The van der Waals surface area contributed by atoms with Crippen LogP contribution in [0.5, 0.6) is 0 Å². The molecule has 11 heteroatoms. The van der Waals surface area contributed by atoms with Crippen molar-refractivity contribution in [2.45, 2.75) is 31.8 Å². The summed E-state index contributed by atoms with van der Waals surface area (Å²) in [6.45, 7) is 2.89. The quantitative estimate of drug-likeness (QED) is 0.347.